The number of carbonyl (C=O) groups excluding carboxylic acids is 1. The average molecular weight is 48.1 g/mol. The van der Waals surface area contributed by atoms with E-state index in [2.05, 4.69) is 6.58 Å². The molecule has 0 fully saturated rings. The van der Waals surface area contributed by atoms with Gasteiger partial charge in [-0.3, -0.25) is 0 Å². The molecular formula is C3H6O. The maximum atomic E-state index is 8.57. The standard InChI is InChI=1S/C2H2O.CH4/c1-2-3;/h1H2;1H4/i;1-10. The van der Waals surface area contributed by atoms with Gasteiger partial charge in [0, 0.05) is 0 Å². The van der Waals surface area contributed by atoms with Crippen LogP contribution in [0.4, 0.5) is 0 Å². The fourth-order valence-electron chi connectivity index (χ4n) is 0. The van der Waals surface area contributed by atoms with Gasteiger partial charge in [0.15, 0.2) is 0 Å². The third-order valence-corrected chi connectivity index (χ3v) is 0. The minimum Gasteiger partial charge on any atom is -0.234 e. The van der Waals surface area contributed by atoms with Gasteiger partial charge in [0.05, 0.1) is 0 Å². The summed E-state index contributed by atoms with van der Waals surface area (Å²) in [4.78, 5) is 8.57. The van der Waals surface area contributed by atoms with Crippen LogP contribution in [0.2, 0.25) is 0 Å². The van der Waals surface area contributed by atoms with Gasteiger partial charge in [-0.2, -0.15) is 0 Å². The van der Waals surface area contributed by atoms with E-state index in [1.54, 1.807) is 0 Å². The third-order valence-electron chi connectivity index (χ3n) is 0. The Morgan fingerprint density at radius 2 is 1.75 bits per heavy atom. The lowest BCUT2D eigenvalue weighted by atomic mass is 2.00. The van der Waals surface area contributed by atoms with Gasteiger partial charge in [0.2, 0.25) is 0 Å². The first-order valence-corrected chi connectivity index (χ1v) is 0.558. The highest BCUT2D eigenvalue weighted by Gasteiger charge is 1.01. The molecule has 0 rings (SSSR count). The molecule has 1 nitrogen and oxygen atoms in total. The topological polar surface area (TPSA) is 17.1 Å². The Balaban J connectivity index is 0. The Morgan fingerprint density at radius 3 is 1.75 bits per heavy atom. The van der Waals surface area contributed by atoms with Crippen molar-refractivity contribution < 1.29 is 4.79 Å². The van der Waals surface area contributed by atoms with E-state index in [0.717, 1.165) is 0 Å². The first-order valence-electron chi connectivity index (χ1n) is 0.558. The molecule has 24 valence electrons. The molecule has 0 saturated carbocycles. The normalized spacial score (nSPS) is 2.00. The van der Waals surface area contributed by atoms with E-state index in [4.69, 9.17) is 4.79 Å². The predicted octanol–water partition coefficient (Wildman–Crippen LogP) is 0.640. The summed E-state index contributed by atoms with van der Waals surface area (Å²) in [5, 5.41) is 0. The van der Waals surface area contributed by atoms with Gasteiger partial charge < -0.3 is 0 Å². The van der Waals surface area contributed by atoms with Gasteiger partial charge in [0.1, 0.15) is 5.94 Å². The molecule has 1 heteroatoms. The van der Waals surface area contributed by atoms with E-state index in [-0.39, 0.29) is 7.43 Å². The van der Waals surface area contributed by atoms with Crippen molar-refractivity contribution in [2.45, 2.75) is 7.43 Å². The highest BCUT2D eigenvalue weighted by molar-refractivity contribution is 5.38. The lowest BCUT2D eigenvalue weighted by Crippen LogP contribution is -1.15. The first kappa shape index (κ1) is 9.85. The Morgan fingerprint density at radius 1 is 1.75 bits per heavy atom. The van der Waals surface area contributed by atoms with E-state index >= 15 is 0 Å². The SMILES string of the molecule is C=C=O.[2CH4]. The fraction of sp³-hybridized carbons (Fsp3) is 0.333. The zero-order chi connectivity index (χ0) is 2.71. The van der Waals surface area contributed by atoms with E-state index < -0.39 is 0 Å². The molecule has 0 atom stereocenters. The summed E-state index contributed by atoms with van der Waals surface area (Å²) >= 11 is 0. The third kappa shape index (κ3) is 0.971. The monoisotopic (exact) mass is 48.0 g/mol. The summed E-state index contributed by atoms with van der Waals surface area (Å²) in [6.45, 7) is 2.68. The van der Waals surface area contributed by atoms with Crippen LogP contribution >= 0.6 is 0 Å². The lowest BCUT2D eigenvalue weighted by Gasteiger charge is -1.02. The van der Waals surface area contributed by atoms with Crippen molar-refractivity contribution in [3.05, 3.63) is 6.58 Å². The maximum absolute atomic E-state index is 8.57. The van der Waals surface area contributed by atoms with Crippen molar-refractivity contribution in [2.75, 3.05) is 0 Å². The minimum absolute atomic E-state index is 0. The first-order chi connectivity index (χ1) is 1.41. The Labute approximate surface area is 25.9 Å². The van der Waals surface area contributed by atoms with Crippen molar-refractivity contribution in [3.63, 3.8) is 0 Å². The number of hydrogen-bond donors (Lipinski definition) is 0. The zero-order valence-corrected chi connectivity index (χ0v) is 1.62. The molecule has 0 aliphatic rings. The van der Waals surface area contributed by atoms with E-state index in [9.17, 15) is 0 Å². The Kier molecular flexibility index (Phi) is 62.6. The van der Waals surface area contributed by atoms with E-state index in [1.165, 1.54) is 5.94 Å². The van der Waals surface area contributed by atoms with Gasteiger partial charge in [-0.25, -0.2) is 4.79 Å². The van der Waals surface area contributed by atoms with Gasteiger partial charge in [-0.15, -0.1) is 0 Å². The Hall–Kier alpha value is -0.550. The van der Waals surface area contributed by atoms with Crippen molar-refractivity contribution in [2.24, 2.45) is 0 Å². The molecule has 4 heavy (non-hydrogen) atoms. The van der Waals surface area contributed by atoms with Crippen LogP contribution < -0.4 is 0 Å². The molecular weight excluding hydrogens is 42.0 g/mol. The smallest absolute Gasteiger partial charge is 0.116 e. The quantitative estimate of drug-likeness (QED) is 0.367. The summed E-state index contributed by atoms with van der Waals surface area (Å²) in [5.41, 5.74) is 0. The molecule has 0 unspecified atom stereocenters. The second-order valence-electron chi connectivity index (χ2n) is 0.144. The maximum Gasteiger partial charge on any atom is 0.116 e. The van der Waals surface area contributed by atoms with Crippen molar-refractivity contribution in [1.82, 2.24) is 0 Å². The number of hydrogen-bond acceptors (Lipinski definition) is 1. The summed E-state index contributed by atoms with van der Waals surface area (Å²) in [5.74, 6) is 1.25. The van der Waals surface area contributed by atoms with Crippen molar-refractivity contribution in [3.8, 4) is 0 Å². The summed E-state index contributed by atoms with van der Waals surface area (Å²) in [7, 11) is 0. The average Bonchev–Trinajstić information content (AvgIpc) is 0.918. The van der Waals surface area contributed by atoms with Crippen molar-refractivity contribution >= 4 is 5.94 Å². The highest BCUT2D eigenvalue weighted by Crippen LogP contribution is 0.894. The molecule has 0 aromatic rings. The summed E-state index contributed by atoms with van der Waals surface area (Å²) in [6.07, 6.45) is 0. The molecule has 0 aromatic carbocycles. The molecule has 0 aliphatic carbocycles. The van der Waals surface area contributed by atoms with Gasteiger partial charge in [-0.05, 0) is 6.58 Å². The minimum atomic E-state index is 0. The molecule has 0 amide bonds. The fourth-order valence-corrected chi connectivity index (χ4v) is 0. The van der Waals surface area contributed by atoms with Crippen LogP contribution in [-0.4, -0.2) is 5.94 Å². The largest absolute Gasteiger partial charge is 0.234 e. The van der Waals surface area contributed by atoms with Gasteiger partial charge in [-0.1, -0.05) is 7.43 Å². The molecule has 0 N–H and O–H groups in total. The van der Waals surface area contributed by atoms with Crippen LogP contribution in [-0.2, 0) is 4.79 Å². The van der Waals surface area contributed by atoms with Crippen LogP contribution in [0.1, 0.15) is 7.43 Å². The van der Waals surface area contributed by atoms with Crippen LogP contribution in [0, 0.1) is 0 Å². The molecule has 0 bridgehead atoms. The second-order valence-corrected chi connectivity index (χ2v) is 0.144. The Bertz CT molecular complexity index is 24.3. The lowest BCUT2D eigenvalue weighted by molar-refractivity contribution is 0.569. The molecule has 0 heterocycles. The highest BCUT2D eigenvalue weighted by atomic mass is 16.1. The predicted molar refractivity (Wildman–Crippen MR) is 18.1 cm³/mol. The summed E-state index contributed by atoms with van der Waals surface area (Å²) < 4.78 is 0. The molecule has 0 aromatic heterocycles. The number of rotatable bonds is 0. The molecule has 0 radical (unpaired) electrons. The van der Waals surface area contributed by atoms with Gasteiger partial charge >= 0.3 is 0 Å². The second kappa shape index (κ2) is 25.4. The van der Waals surface area contributed by atoms with Gasteiger partial charge in [0.25, 0.3) is 0 Å². The molecule has 0 aliphatic heterocycles. The van der Waals surface area contributed by atoms with Crippen molar-refractivity contribution in [1.29, 1.82) is 0 Å². The summed E-state index contributed by atoms with van der Waals surface area (Å²) in [6, 6.07) is 0. The van der Waals surface area contributed by atoms with Crippen LogP contribution in [0.15, 0.2) is 6.58 Å². The van der Waals surface area contributed by atoms with E-state index in [0.29, 0.717) is 0 Å². The molecule has 0 spiro atoms. The molecule has 0 saturated heterocycles. The zero-order valence-electron chi connectivity index (χ0n) is 1.62. The van der Waals surface area contributed by atoms with E-state index in [1.807, 2.05) is 0 Å². The van der Waals surface area contributed by atoms with Crippen LogP contribution in [0.5, 0.6) is 0 Å². The van der Waals surface area contributed by atoms with Crippen LogP contribution in [0.25, 0.3) is 0 Å². The van der Waals surface area contributed by atoms with Crippen LogP contribution in [0.3, 0.4) is 0 Å².